The molecule has 1 aromatic heterocycles. The van der Waals surface area contributed by atoms with Crippen LogP contribution in [0.3, 0.4) is 0 Å². The fourth-order valence-corrected chi connectivity index (χ4v) is 1.86. The zero-order valence-electron chi connectivity index (χ0n) is 10.4. The highest BCUT2D eigenvalue weighted by atomic mass is 16.1. The number of aryl methyl sites for hydroxylation is 3. The SMILES string of the molecule is CCc1ccc(C(=O)c2cc(C)nn2C)cc1. The second-order valence-corrected chi connectivity index (χ2v) is 4.17. The van der Waals surface area contributed by atoms with Crippen LogP contribution in [0.2, 0.25) is 0 Å². The van der Waals surface area contributed by atoms with Crippen molar-refractivity contribution in [1.82, 2.24) is 9.78 Å². The van der Waals surface area contributed by atoms with Gasteiger partial charge in [-0.15, -0.1) is 0 Å². The lowest BCUT2D eigenvalue weighted by atomic mass is 10.0. The highest BCUT2D eigenvalue weighted by Gasteiger charge is 2.13. The van der Waals surface area contributed by atoms with E-state index >= 15 is 0 Å². The van der Waals surface area contributed by atoms with E-state index in [0.717, 1.165) is 12.1 Å². The van der Waals surface area contributed by atoms with Gasteiger partial charge in [0.05, 0.1) is 5.69 Å². The summed E-state index contributed by atoms with van der Waals surface area (Å²) in [5.74, 6) is 0.0238. The smallest absolute Gasteiger partial charge is 0.211 e. The average Bonchev–Trinajstić information content (AvgIpc) is 2.68. The zero-order chi connectivity index (χ0) is 12.4. The Morgan fingerprint density at radius 1 is 1.29 bits per heavy atom. The van der Waals surface area contributed by atoms with E-state index in [-0.39, 0.29) is 5.78 Å². The van der Waals surface area contributed by atoms with Crippen LogP contribution < -0.4 is 0 Å². The quantitative estimate of drug-likeness (QED) is 0.757. The van der Waals surface area contributed by atoms with Gasteiger partial charge < -0.3 is 0 Å². The molecule has 0 saturated heterocycles. The molecule has 0 unspecified atom stereocenters. The number of nitrogens with zero attached hydrogens (tertiary/aromatic N) is 2. The fourth-order valence-electron chi connectivity index (χ4n) is 1.86. The van der Waals surface area contributed by atoms with E-state index in [1.165, 1.54) is 5.56 Å². The van der Waals surface area contributed by atoms with Crippen molar-refractivity contribution >= 4 is 5.78 Å². The Morgan fingerprint density at radius 3 is 2.41 bits per heavy atom. The van der Waals surface area contributed by atoms with Crippen molar-refractivity contribution in [2.24, 2.45) is 7.05 Å². The van der Waals surface area contributed by atoms with Gasteiger partial charge in [-0.1, -0.05) is 31.2 Å². The maximum atomic E-state index is 12.2. The van der Waals surface area contributed by atoms with E-state index in [1.807, 2.05) is 37.3 Å². The minimum Gasteiger partial charge on any atom is -0.287 e. The molecule has 0 fully saturated rings. The van der Waals surface area contributed by atoms with E-state index < -0.39 is 0 Å². The molecule has 0 saturated carbocycles. The van der Waals surface area contributed by atoms with Crippen molar-refractivity contribution in [1.29, 1.82) is 0 Å². The van der Waals surface area contributed by atoms with Gasteiger partial charge in [0.2, 0.25) is 5.78 Å². The highest BCUT2D eigenvalue weighted by molar-refractivity contribution is 6.07. The first kappa shape index (κ1) is 11.6. The summed E-state index contributed by atoms with van der Waals surface area (Å²) in [4.78, 5) is 12.2. The van der Waals surface area contributed by atoms with Gasteiger partial charge in [0, 0.05) is 12.6 Å². The predicted molar refractivity (Wildman–Crippen MR) is 67.2 cm³/mol. The van der Waals surface area contributed by atoms with Crippen molar-refractivity contribution in [3.05, 3.63) is 52.8 Å². The summed E-state index contributed by atoms with van der Waals surface area (Å²) in [6.45, 7) is 3.98. The standard InChI is InChI=1S/C14H16N2O/c1-4-11-5-7-12(8-6-11)14(17)13-9-10(2)15-16(13)3/h5-9H,4H2,1-3H3. The molecule has 0 aliphatic heterocycles. The summed E-state index contributed by atoms with van der Waals surface area (Å²) in [5.41, 5.74) is 3.45. The summed E-state index contributed by atoms with van der Waals surface area (Å²) >= 11 is 0. The highest BCUT2D eigenvalue weighted by Crippen LogP contribution is 2.12. The number of hydrogen-bond donors (Lipinski definition) is 0. The molecular formula is C14H16N2O. The molecule has 0 N–H and O–H groups in total. The molecule has 3 nitrogen and oxygen atoms in total. The van der Waals surface area contributed by atoms with E-state index in [4.69, 9.17) is 0 Å². The molecule has 88 valence electrons. The lowest BCUT2D eigenvalue weighted by Crippen LogP contribution is -2.08. The number of aromatic nitrogens is 2. The van der Waals surface area contributed by atoms with Gasteiger partial charge >= 0.3 is 0 Å². The van der Waals surface area contributed by atoms with E-state index in [1.54, 1.807) is 11.7 Å². The minimum absolute atomic E-state index is 0.0238. The van der Waals surface area contributed by atoms with Crippen LogP contribution >= 0.6 is 0 Å². The second-order valence-electron chi connectivity index (χ2n) is 4.17. The Labute approximate surface area is 101 Å². The van der Waals surface area contributed by atoms with Crippen molar-refractivity contribution in [3.63, 3.8) is 0 Å². The van der Waals surface area contributed by atoms with Crippen LogP contribution in [0.1, 0.15) is 34.2 Å². The maximum absolute atomic E-state index is 12.2. The van der Waals surface area contributed by atoms with Crippen molar-refractivity contribution in [2.75, 3.05) is 0 Å². The van der Waals surface area contributed by atoms with Gasteiger partial charge in [-0.3, -0.25) is 9.48 Å². The van der Waals surface area contributed by atoms with Crippen LogP contribution in [-0.4, -0.2) is 15.6 Å². The molecule has 0 amide bonds. The third-order valence-electron chi connectivity index (χ3n) is 2.86. The fraction of sp³-hybridized carbons (Fsp3) is 0.286. The summed E-state index contributed by atoms with van der Waals surface area (Å²) in [5, 5.41) is 4.19. The van der Waals surface area contributed by atoms with E-state index in [2.05, 4.69) is 12.0 Å². The molecule has 0 aliphatic carbocycles. The monoisotopic (exact) mass is 228 g/mol. The van der Waals surface area contributed by atoms with Crippen LogP contribution in [0, 0.1) is 6.92 Å². The normalized spacial score (nSPS) is 10.5. The number of hydrogen-bond acceptors (Lipinski definition) is 2. The van der Waals surface area contributed by atoms with Crippen LogP contribution in [0.4, 0.5) is 0 Å². The van der Waals surface area contributed by atoms with E-state index in [9.17, 15) is 4.79 Å². The Morgan fingerprint density at radius 2 is 1.94 bits per heavy atom. The molecule has 1 heterocycles. The van der Waals surface area contributed by atoms with Gasteiger partial charge in [0.1, 0.15) is 5.69 Å². The van der Waals surface area contributed by atoms with Gasteiger partial charge in [-0.05, 0) is 25.0 Å². The number of carbonyl (C=O) groups excluding carboxylic acids is 1. The van der Waals surface area contributed by atoms with Gasteiger partial charge in [-0.2, -0.15) is 5.10 Å². The molecule has 0 atom stereocenters. The van der Waals surface area contributed by atoms with Crippen LogP contribution in [-0.2, 0) is 13.5 Å². The molecule has 3 heteroatoms. The molecule has 2 aromatic rings. The summed E-state index contributed by atoms with van der Waals surface area (Å²) in [7, 11) is 1.79. The van der Waals surface area contributed by atoms with Crippen molar-refractivity contribution in [3.8, 4) is 0 Å². The Kier molecular flexibility index (Phi) is 3.09. The molecule has 0 spiro atoms. The first-order valence-corrected chi connectivity index (χ1v) is 5.76. The second kappa shape index (κ2) is 4.53. The first-order chi connectivity index (χ1) is 8.11. The van der Waals surface area contributed by atoms with Crippen molar-refractivity contribution < 1.29 is 4.79 Å². The zero-order valence-corrected chi connectivity index (χ0v) is 10.4. The molecule has 0 bridgehead atoms. The lowest BCUT2D eigenvalue weighted by Gasteiger charge is -2.02. The molecule has 17 heavy (non-hydrogen) atoms. The molecule has 1 aromatic carbocycles. The minimum atomic E-state index is 0.0238. The predicted octanol–water partition coefficient (Wildman–Crippen LogP) is 2.52. The van der Waals surface area contributed by atoms with Crippen LogP contribution in [0.5, 0.6) is 0 Å². The van der Waals surface area contributed by atoms with Crippen LogP contribution in [0.25, 0.3) is 0 Å². The number of ketones is 1. The molecule has 0 radical (unpaired) electrons. The van der Waals surface area contributed by atoms with Gasteiger partial charge in [0.15, 0.2) is 0 Å². The molecule has 0 aliphatic rings. The summed E-state index contributed by atoms with van der Waals surface area (Å²) in [6.07, 6.45) is 0.985. The Balaban J connectivity index is 2.33. The topological polar surface area (TPSA) is 34.9 Å². The van der Waals surface area contributed by atoms with Gasteiger partial charge in [-0.25, -0.2) is 0 Å². The number of benzene rings is 1. The third kappa shape index (κ3) is 2.28. The van der Waals surface area contributed by atoms with E-state index in [0.29, 0.717) is 11.3 Å². The average molecular weight is 228 g/mol. The largest absolute Gasteiger partial charge is 0.287 e. The first-order valence-electron chi connectivity index (χ1n) is 5.76. The molecular weight excluding hydrogens is 212 g/mol. The number of rotatable bonds is 3. The Hall–Kier alpha value is -1.90. The summed E-state index contributed by atoms with van der Waals surface area (Å²) in [6, 6.07) is 9.57. The van der Waals surface area contributed by atoms with Gasteiger partial charge in [0.25, 0.3) is 0 Å². The summed E-state index contributed by atoms with van der Waals surface area (Å²) < 4.78 is 1.63. The van der Waals surface area contributed by atoms with Crippen molar-refractivity contribution in [2.45, 2.75) is 20.3 Å². The lowest BCUT2D eigenvalue weighted by molar-refractivity contribution is 0.103. The Bertz CT molecular complexity index is 538. The maximum Gasteiger partial charge on any atom is 0.211 e. The molecule has 2 rings (SSSR count). The number of carbonyl (C=O) groups is 1. The van der Waals surface area contributed by atoms with Crippen LogP contribution in [0.15, 0.2) is 30.3 Å². The third-order valence-corrected chi connectivity index (χ3v) is 2.86.